The van der Waals surface area contributed by atoms with E-state index < -0.39 is 0 Å². The quantitative estimate of drug-likeness (QED) is 0.831. The molecule has 1 aromatic heterocycles. The second-order valence-electron chi connectivity index (χ2n) is 4.61. The summed E-state index contributed by atoms with van der Waals surface area (Å²) in [6.07, 6.45) is 4.71. The highest BCUT2D eigenvalue weighted by Gasteiger charge is 2.20. The first kappa shape index (κ1) is 13.5. The molecule has 1 saturated heterocycles. The molecule has 4 heteroatoms. The Morgan fingerprint density at radius 2 is 2.17 bits per heavy atom. The number of hydrogen-bond acceptors (Lipinski definition) is 4. The van der Waals surface area contributed by atoms with Crippen LogP contribution in [0.15, 0.2) is 18.3 Å². The second kappa shape index (κ2) is 6.83. The summed E-state index contributed by atoms with van der Waals surface area (Å²) in [5, 5.41) is 3.31. The molecule has 1 N–H and O–H groups in total. The third kappa shape index (κ3) is 3.77. The minimum Gasteiger partial charge on any atom is -0.350 e. The van der Waals surface area contributed by atoms with Gasteiger partial charge in [-0.2, -0.15) is 0 Å². The Labute approximate surface area is 109 Å². The maximum absolute atomic E-state index is 5.48. The van der Waals surface area contributed by atoms with E-state index in [2.05, 4.69) is 29.4 Å². The van der Waals surface area contributed by atoms with E-state index in [9.17, 15) is 0 Å². The van der Waals surface area contributed by atoms with Gasteiger partial charge in [-0.3, -0.25) is 4.98 Å². The molecule has 18 heavy (non-hydrogen) atoms. The van der Waals surface area contributed by atoms with Gasteiger partial charge in [0.15, 0.2) is 6.29 Å². The lowest BCUT2D eigenvalue weighted by molar-refractivity contribution is -0.0523. The molecule has 2 heterocycles. The summed E-state index contributed by atoms with van der Waals surface area (Å²) in [5.74, 6) is 0. The maximum atomic E-state index is 5.48. The van der Waals surface area contributed by atoms with Crippen molar-refractivity contribution in [1.29, 1.82) is 0 Å². The largest absolute Gasteiger partial charge is 0.350 e. The average molecular weight is 250 g/mol. The van der Waals surface area contributed by atoms with Crippen molar-refractivity contribution in [1.82, 2.24) is 10.3 Å². The van der Waals surface area contributed by atoms with Crippen LogP contribution in [0.2, 0.25) is 0 Å². The van der Waals surface area contributed by atoms with Crippen LogP contribution in [0.3, 0.4) is 0 Å². The van der Waals surface area contributed by atoms with Gasteiger partial charge >= 0.3 is 0 Å². The van der Waals surface area contributed by atoms with Crippen molar-refractivity contribution in [2.75, 3.05) is 20.3 Å². The molecule has 0 bridgehead atoms. The normalized spacial score (nSPS) is 18.1. The van der Waals surface area contributed by atoms with Gasteiger partial charge in [-0.1, -0.05) is 13.0 Å². The molecule has 0 amide bonds. The summed E-state index contributed by atoms with van der Waals surface area (Å²) < 4.78 is 11.0. The molecule has 0 spiro atoms. The summed E-state index contributed by atoms with van der Waals surface area (Å²) in [6, 6.07) is 4.60. The van der Waals surface area contributed by atoms with Crippen LogP contribution in [0.1, 0.15) is 24.6 Å². The molecule has 0 aliphatic carbocycles. The Morgan fingerprint density at radius 3 is 2.72 bits per heavy atom. The molecule has 1 unspecified atom stereocenters. The Bertz CT molecular complexity index is 347. The van der Waals surface area contributed by atoms with Crippen LogP contribution in [-0.2, 0) is 22.3 Å². The van der Waals surface area contributed by atoms with Crippen LogP contribution in [-0.4, -0.2) is 37.6 Å². The fourth-order valence-corrected chi connectivity index (χ4v) is 2.12. The van der Waals surface area contributed by atoms with Gasteiger partial charge in [-0.05, 0) is 25.1 Å². The fraction of sp³-hybridized carbons (Fsp3) is 0.643. The summed E-state index contributed by atoms with van der Waals surface area (Å²) >= 11 is 0. The zero-order valence-electron chi connectivity index (χ0n) is 11.2. The first-order valence-corrected chi connectivity index (χ1v) is 6.66. The number of hydrogen-bond donors (Lipinski definition) is 1. The van der Waals surface area contributed by atoms with E-state index in [-0.39, 0.29) is 6.29 Å². The third-order valence-corrected chi connectivity index (χ3v) is 3.33. The van der Waals surface area contributed by atoms with Gasteiger partial charge in [0.2, 0.25) is 0 Å². The van der Waals surface area contributed by atoms with Gasteiger partial charge in [-0.15, -0.1) is 0 Å². The Kier molecular flexibility index (Phi) is 5.11. The van der Waals surface area contributed by atoms with Crippen molar-refractivity contribution in [3.05, 3.63) is 29.6 Å². The van der Waals surface area contributed by atoms with Gasteiger partial charge in [0, 0.05) is 30.8 Å². The van der Waals surface area contributed by atoms with Gasteiger partial charge in [-0.25, -0.2) is 0 Å². The van der Waals surface area contributed by atoms with Crippen molar-refractivity contribution in [3.8, 4) is 0 Å². The van der Waals surface area contributed by atoms with Gasteiger partial charge in [0.1, 0.15) is 0 Å². The van der Waals surface area contributed by atoms with Crippen LogP contribution in [0, 0.1) is 0 Å². The van der Waals surface area contributed by atoms with E-state index >= 15 is 0 Å². The zero-order chi connectivity index (χ0) is 12.8. The predicted octanol–water partition coefficient (Wildman–Crippen LogP) is 1.54. The lowest BCUT2D eigenvalue weighted by atomic mass is 10.1. The maximum Gasteiger partial charge on any atom is 0.159 e. The lowest BCUT2D eigenvalue weighted by Gasteiger charge is -2.19. The highest BCUT2D eigenvalue weighted by Crippen LogP contribution is 2.13. The Hall–Kier alpha value is -0.970. The first-order chi connectivity index (χ1) is 8.81. The first-order valence-electron chi connectivity index (χ1n) is 6.66. The highest BCUT2D eigenvalue weighted by molar-refractivity contribution is 5.14. The minimum atomic E-state index is -0.0580. The molecular weight excluding hydrogens is 228 g/mol. The Morgan fingerprint density at radius 1 is 1.39 bits per heavy atom. The molecule has 2 rings (SSSR count). The summed E-state index contributed by atoms with van der Waals surface area (Å²) in [5.41, 5.74) is 2.40. The number of nitrogens with zero attached hydrogens (tertiary/aromatic N) is 1. The number of rotatable bonds is 6. The van der Waals surface area contributed by atoms with E-state index in [1.165, 1.54) is 5.56 Å². The molecule has 1 aromatic rings. The molecular formula is C14H22N2O2. The van der Waals surface area contributed by atoms with Gasteiger partial charge in [0.25, 0.3) is 0 Å². The van der Waals surface area contributed by atoms with Crippen LogP contribution >= 0.6 is 0 Å². The third-order valence-electron chi connectivity index (χ3n) is 3.33. The van der Waals surface area contributed by atoms with Crippen molar-refractivity contribution in [3.63, 3.8) is 0 Å². The average Bonchev–Trinajstić information content (AvgIpc) is 2.91. The molecule has 0 aromatic carbocycles. The molecule has 1 atom stereocenters. The van der Waals surface area contributed by atoms with E-state index in [0.717, 1.165) is 25.0 Å². The lowest BCUT2D eigenvalue weighted by Crippen LogP contribution is -2.32. The molecule has 0 saturated carbocycles. The molecule has 1 aliphatic rings. The molecule has 0 radical (unpaired) electrons. The summed E-state index contributed by atoms with van der Waals surface area (Å²) in [6.45, 7) is 3.57. The number of nitrogens with one attached hydrogen (secondary N) is 1. The summed E-state index contributed by atoms with van der Waals surface area (Å²) in [4.78, 5) is 4.49. The van der Waals surface area contributed by atoms with Crippen molar-refractivity contribution >= 4 is 0 Å². The molecule has 1 aliphatic heterocycles. The topological polar surface area (TPSA) is 43.4 Å². The van der Waals surface area contributed by atoms with Crippen LogP contribution in [0.25, 0.3) is 0 Å². The number of pyridine rings is 1. The van der Waals surface area contributed by atoms with Gasteiger partial charge < -0.3 is 14.8 Å². The van der Waals surface area contributed by atoms with E-state index in [0.29, 0.717) is 19.3 Å². The Balaban J connectivity index is 1.87. The van der Waals surface area contributed by atoms with Crippen molar-refractivity contribution in [2.45, 2.75) is 38.5 Å². The highest BCUT2D eigenvalue weighted by atomic mass is 16.7. The van der Waals surface area contributed by atoms with Crippen LogP contribution < -0.4 is 5.32 Å². The number of aryl methyl sites for hydroxylation is 1. The molecule has 1 fully saturated rings. The van der Waals surface area contributed by atoms with E-state index in [4.69, 9.17) is 9.47 Å². The monoisotopic (exact) mass is 250 g/mol. The minimum absolute atomic E-state index is 0.0580. The smallest absolute Gasteiger partial charge is 0.159 e. The molecule has 100 valence electrons. The van der Waals surface area contributed by atoms with E-state index in [1.807, 2.05) is 13.2 Å². The molecule has 4 nitrogen and oxygen atoms in total. The fourth-order valence-electron chi connectivity index (χ4n) is 2.12. The van der Waals surface area contributed by atoms with Crippen molar-refractivity contribution < 1.29 is 9.47 Å². The number of aromatic nitrogens is 1. The second-order valence-corrected chi connectivity index (χ2v) is 4.61. The van der Waals surface area contributed by atoms with Crippen LogP contribution in [0.4, 0.5) is 0 Å². The van der Waals surface area contributed by atoms with Gasteiger partial charge in [0.05, 0.1) is 13.2 Å². The van der Waals surface area contributed by atoms with Crippen molar-refractivity contribution in [2.24, 2.45) is 0 Å². The SMILES string of the molecule is CCc1ccc(CC(CC2OCCO2)NC)nc1. The number of likely N-dealkylation sites (N-methyl/N-ethyl adjacent to an activating group) is 1. The zero-order valence-corrected chi connectivity index (χ0v) is 11.2. The summed E-state index contributed by atoms with van der Waals surface area (Å²) in [7, 11) is 1.97. The standard InChI is InChI=1S/C14H22N2O2/c1-3-11-4-5-12(16-10-11)8-13(15-2)9-14-17-6-7-18-14/h4-5,10,13-15H,3,6-9H2,1-2H3. The number of ether oxygens (including phenoxy) is 2. The van der Waals surface area contributed by atoms with E-state index in [1.54, 1.807) is 0 Å². The predicted molar refractivity (Wildman–Crippen MR) is 70.5 cm³/mol. The van der Waals surface area contributed by atoms with Crippen LogP contribution in [0.5, 0.6) is 0 Å².